The van der Waals surface area contributed by atoms with Gasteiger partial charge in [-0.1, -0.05) is 145 Å². The molecular weight excluding hydrogens is 675 g/mol. The molecule has 0 aliphatic rings. The van der Waals surface area contributed by atoms with Crippen molar-refractivity contribution in [2.24, 2.45) is 0 Å². The van der Waals surface area contributed by atoms with Gasteiger partial charge in [0.2, 0.25) is 0 Å². The largest absolute Gasteiger partial charge is 0.469 e. The van der Waals surface area contributed by atoms with Gasteiger partial charge in [0.15, 0.2) is 6.10 Å². The predicted octanol–water partition coefficient (Wildman–Crippen LogP) is 12.5. The van der Waals surface area contributed by atoms with Gasteiger partial charge in [0.05, 0.1) is 6.61 Å². The summed E-state index contributed by atoms with van der Waals surface area (Å²) >= 11 is 0. The van der Waals surface area contributed by atoms with Crippen LogP contribution in [0.1, 0.15) is 181 Å². The quantitative estimate of drug-likeness (QED) is 0.0279. The number of hydrogen-bond donors (Lipinski definition) is 2. The Hall–Kier alpha value is -2.25. The number of ether oxygens (including phenoxy) is 2. The zero-order valence-corrected chi connectivity index (χ0v) is 33.8. The summed E-state index contributed by atoms with van der Waals surface area (Å²) in [6.45, 7) is 3.59. The van der Waals surface area contributed by atoms with Crippen LogP contribution in [0.3, 0.4) is 0 Å². The van der Waals surface area contributed by atoms with E-state index in [2.05, 4.69) is 79.1 Å². The van der Waals surface area contributed by atoms with E-state index >= 15 is 0 Å². The fourth-order valence-corrected chi connectivity index (χ4v) is 5.77. The van der Waals surface area contributed by atoms with Crippen molar-refractivity contribution in [3.8, 4) is 0 Å². The van der Waals surface area contributed by atoms with Crippen LogP contribution in [0.25, 0.3) is 0 Å². The minimum atomic E-state index is -4.77. The van der Waals surface area contributed by atoms with Crippen molar-refractivity contribution in [3.05, 3.63) is 60.8 Å². The second kappa shape index (κ2) is 38.5. The van der Waals surface area contributed by atoms with Crippen LogP contribution < -0.4 is 0 Å². The molecule has 0 fully saturated rings. The lowest BCUT2D eigenvalue weighted by atomic mass is 10.1. The molecule has 2 N–H and O–H groups in total. The molecule has 0 saturated carbocycles. The van der Waals surface area contributed by atoms with E-state index in [1.165, 1.54) is 77.0 Å². The molecule has 0 unspecified atom stereocenters. The lowest BCUT2D eigenvalue weighted by Crippen LogP contribution is -2.29. The molecule has 8 nitrogen and oxygen atoms in total. The van der Waals surface area contributed by atoms with Crippen LogP contribution in [0.4, 0.5) is 0 Å². The SMILES string of the molecule is CCCCC/C=C/C/C=C/C/C=C/CCCCC(=O)O[C@H](COC(=O)CCCCCCCCCCC/C=C/C/C=C/CCCCC)COP(=O)(O)O. The highest BCUT2D eigenvalue weighted by molar-refractivity contribution is 7.46. The number of carbonyl (C=O) groups excluding carboxylic acids is 2. The molecule has 0 spiro atoms. The van der Waals surface area contributed by atoms with E-state index in [1.807, 2.05) is 0 Å². The zero-order valence-electron chi connectivity index (χ0n) is 32.9. The third-order valence-corrected chi connectivity index (χ3v) is 8.99. The number of rotatable bonds is 37. The van der Waals surface area contributed by atoms with Crippen molar-refractivity contribution < 1.29 is 37.9 Å². The molecule has 0 bridgehead atoms. The zero-order chi connectivity index (χ0) is 38.2. The predicted molar refractivity (Wildman–Crippen MR) is 216 cm³/mol. The molecule has 0 radical (unpaired) electrons. The van der Waals surface area contributed by atoms with Crippen molar-refractivity contribution in [1.29, 1.82) is 0 Å². The van der Waals surface area contributed by atoms with Gasteiger partial charge in [0.25, 0.3) is 0 Å². The minimum absolute atomic E-state index is 0.160. The summed E-state index contributed by atoms with van der Waals surface area (Å²) in [5.41, 5.74) is 0. The van der Waals surface area contributed by atoms with E-state index in [0.717, 1.165) is 64.2 Å². The van der Waals surface area contributed by atoms with Crippen LogP contribution in [-0.2, 0) is 28.2 Å². The van der Waals surface area contributed by atoms with Gasteiger partial charge in [-0.25, -0.2) is 4.57 Å². The van der Waals surface area contributed by atoms with E-state index < -0.39 is 32.5 Å². The molecule has 1 atom stereocenters. The van der Waals surface area contributed by atoms with Gasteiger partial charge in [0.1, 0.15) is 6.61 Å². The summed E-state index contributed by atoms with van der Waals surface area (Å²) in [6.07, 6.45) is 48.0. The first-order valence-electron chi connectivity index (χ1n) is 20.6. The maximum atomic E-state index is 12.4. The molecule has 0 rings (SSSR count). The van der Waals surface area contributed by atoms with Gasteiger partial charge in [-0.3, -0.25) is 14.1 Å². The first-order valence-corrected chi connectivity index (χ1v) is 22.1. The van der Waals surface area contributed by atoms with E-state index in [0.29, 0.717) is 12.8 Å². The number of unbranched alkanes of at least 4 members (excludes halogenated alkanes) is 17. The lowest BCUT2D eigenvalue weighted by molar-refractivity contribution is -0.161. The number of carbonyl (C=O) groups is 2. The number of phosphoric ester groups is 1. The summed E-state index contributed by atoms with van der Waals surface area (Å²) < 4.78 is 26.3. The second-order valence-corrected chi connectivity index (χ2v) is 14.8. The first kappa shape index (κ1) is 49.8. The van der Waals surface area contributed by atoms with Crippen molar-refractivity contribution in [2.75, 3.05) is 13.2 Å². The molecular formula is C43H75O8P. The highest BCUT2D eigenvalue weighted by Crippen LogP contribution is 2.36. The van der Waals surface area contributed by atoms with Crippen LogP contribution in [0.2, 0.25) is 0 Å². The monoisotopic (exact) mass is 751 g/mol. The molecule has 0 saturated heterocycles. The number of allylic oxidation sites excluding steroid dienone is 10. The maximum Gasteiger partial charge on any atom is 0.469 e. The summed E-state index contributed by atoms with van der Waals surface area (Å²) in [7, 11) is -4.77. The van der Waals surface area contributed by atoms with Crippen LogP contribution in [-0.4, -0.2) is 41.0 Å². The third kappa shape index (κ3) is 40.5. The number of hydrogen-bond acceptors (Lipinski definition) is 6. The fraction of sp³-hybridized carbons (Fsp3) is 0.721. The van der Waals surface area contributed by atoms with Gasteiger partial charge in [-0.05, 0) is 83.5 Å². The first-order chi connectivity index (χ1) is 25.3. The van der Waals surface area contributed by atoms with Crippen molar-refractivity contribution >= 4 is 19.8 Å². The van der Waals surface area contributed by atoms with Gasteiger partial charge in [-0.15, -0.1) is 0 Å². The van der Waals surface area contributed by atoms with Gasteiger partial charge < -0.3 is 19.3 Å². The van der Waals surface area contributed by atoms with Crippen LogP contribution >= 0.6 is 7.82 Å². The van der Waals surface area contributed by atoms with E-state index in [9.17, 15) is 14.2 Å². The molecule has 300 valence electrons. The fourth-order valence-electron chi connectivity index (χ4n) is 5.41. The topological polar surface area (TPSA) is 119 Å². The summed E-state index contributed by atoms with van der Waals surface area (Å²) in [4.78, 5) is 42.8. The van der Waals surface area contributed by atoms with Gasteiger partial charge in [0, 0.05) is 12.8 Å². The molecule has 52 heavy (non-hydrogen) atoms. The Balaban J connectivity index is 3.99. The van der Waals surface area contributed by atoms with E-state index in [4.69, 9.17) is 19.3 Å². The average molecular weight is 751 g/mol. The molecule has 0 aromatic heterocycles. The third-order valence-electron chi connectivity index (χ3n) is 8.51. The van der Waals surface area contributed by atoms with Gasteiger partial charge in [-0.2, -0.15) is 0 Å². The normalized spacial score (nSPS) is 13.1. The molecule has 9 heteroatoms. The van der Waals surface area contributed by atoms with Gasteiger partial charge >= 0.3 is 19.8 Å². The van der Waals surface area contributed by atoms with Crippen LogP contribution in [0.15, 0.2) is 60.8 Å². The standard InChI is InChI=1S/C43H75O8P/c1-3-5-7-9-11-13-15-17-19-20-21-22-24-25-27-29-31-33-35-37-42(44)49-39-41(40-50-52(46,47)48)51-43(45)38-36-34-32-30-28-26-23-18-16-14-12-10-8-6-4-2/h11-14,17-19,23,28,30,41H,3-10,15-16,20-22,24-27,29,31-40H2,1-2H3,(H2,46,47,48)/b13-11+,14-12+,19-17+,23-18+,30-28+/t41-/m1/s1. The highest BCUT2D eigenvalue weighted by Gasteiger charge is 2.22. The second-order valence-electron chi connectivity index (χ2n) is 13.6. The summed E-state index contributed by atoms with van der Waals surface area (Å²) in [5, 5.41) is 0. The average Bonchev–Trinajstić information content (AvgIpc) is 3.11. The molecule has 0 aromatic carbocycles. The molecule has 0 aromatic rings. The Morgan fingerprint density at radius 3 is 1.33 bits per heavy atom. The molecule has 0 heterocycles. The van der Waals surface area contributed by atoms with Crippen molar-refractivity contribution in [2.45, 2.75) is 187 Å². The lowest BCUT2D eigenvalue weighted by Gasteiger charge is -2.18. The Morgan fingerprint density at radius 2 is 0.865 bits per heavy atom. The van der Waals surface area contributed by atoms with Crippen molar-refractivity contribution in [3.63, 3.8) is 0 Å². The summed E-state index contributed by atoms with van der Waals surface area (Å²) in [5.74, 6) is -0.937. The smallest absolute Gasteiger partial charge is 0.462 e. The minimum Gasteiger partial charge on any atom is -0.462 e. The molecule has 0 aliphatic carbocycles. The van der Waals surface area contributed by atoms with Crippen LogP contribution in [0.5, 0.6) is 0 Å². The Kier molecular flexibility index (Phi) is 36.8. The van der Waals surface area contributed by atoms with Crippen LogP contribution in [0, 0.1) is 0 Å². The number of phosphoric acid groups is 1. The Labute approximate surface area is 317 Å². The molecule has 0 aliphatic heterocycles. The van der Waals surface area contributed by atoms with E-state index in [1.54, 1.807) is 0 Å². The Bertz CT molecular complexity index is 1030. The Morgan fingerprint density at radius 1 is 0.500 bits per heavy atom. The van der Waals surface area contributed by atoms with Crippen molar-refractivity contribution in [1.82, 2.24) is 0 Å². The molecule has 0 amide bonds. The number of esters is 2. The maximum absolute atomic E-state index is 12.4. The summed E-state index contributed by atoms with van der Waals surface area (Å²) in [6, 6.07) is 0. The van der Waals surface area contributed by atoms with E-state index in [-0.39, 0.29) is 19.4 Å². The highest BCUT2D eigenvalue weighted by atomic mass is 31.2.